The first-order valence-electron chi connectivity index (χ1n) is 11.6. The Kier molecular flexibility index (Phi) is 9.42. The van der Waals surface area contributed by atoms with Crippen molar-refractivity contribution in [2.45, 2.75) is 33.4 Å². The molecule has 0 aliphatic rings. The molecule has 6 nitrogen and oxygen atoms in total. The molecule has 34 heavy (non-hydrogen) atoms. The Bertz CT molecular complexity index is 1150. The molecule has 0 saturated carbocycles. The van der Waals surface area contributed by atoms with E-state index in [9.17, 15) is 9.18 Å². The van der Waals surface area contributed by atoms with Gasteiger partial charge in [0.1, 0.15) is 11.6 Å². The summed E-state index contributed by atoms with van der Waals surface area (Å²) in [7, 11) is 1.61. The Morgan fingerprint density at radius 1 is 1.09 bits per heavy atom. The van der Waals surface area contributed by atoms with E-state index in [1.807, 2.05) is 29.2 Å². The van der Waals surface area contributed by atoms with Crippen molar-refractivity contribution in [1.82, 2.24) is 20.1 Å². The Hall–Kier alpha value is -2.97. The third kappa shape index (κ3) is 7.01. The molecule has 1 aromatic heterocycles. The van der Waals surface area contributed by atoms with Gasteiger partial charge in [0, 0.05) is 29.6 Å². The molecule has 0 radical (unpaired) electrons. The highest BCUT2D eigenvalue weighted by Crippen LogP contribution is 2.19. The molecule has 0 aliphatic carbocycles. The lowest BCUT2D eigenvalue weighted by molar-refractivity contribution is 0.299. The lowest BCUT2D eigenvalue weighted by Crippen LogP contribution is -2.41. The summed E-state index contributed by atoms with van der Waals surface area (Å²) >= 11 is 5.71. The van der Waals surface area contributed by atoms with E-state index < -0.39 is 0 Å². The molecule has 0 saturated heterocycles. The maximum absolute atomic E-state index is 13.4. The zero-order valence-corrected chi connectivity index (χ0v) is 20.9. The number of nitrogens with zero attached hydrogens (tertiary/aromatic N) is 2. The van der Waals surface area contributed by atoms with Gasteiger partial charge in [-0.05, 0) is 80.2 Å². The summed E-state index contributed by atoms with van der Waals surface area (Å²) in [5.74, 6) is 0.436. The smallest absolute Gasteiger partial charge is 0.253 e. The number of aromatic amines is 1. The number of methoxy groups -OCH3 is 1. The number of thiocarbonyl (C=S) groups is 1. The highest BCUT2D eigenvalue weighted by Gasteiger charge is 2.15. The van der Waals surface area contributed by atoms with Crippen molar-refractivity contribution >= 4 is 28.2 Å². The number of hydrogen-bond acceptors (Lipinski definition) is 4. The second-order valence-electron chi connectivity index (χ2n) is 8.17. The molecule has 0 amide bonds. The van der Waals surface area contributed by atoms with Crippen LogP contribution in [-0.4, -0.2) is 53.2 Å². The number of hydrogen-bond donors (Lipinski definition) is 2. The molecule has 0 atom stereocenters. The molecule has 3 rings (SSSR count). The van der Waals surface area contributed by atoms with E-state index in [4.69, 9.17) is 17.0 Å². The summed E-state index contributed by atoms with van der Waals surface area (Å²) in [5, 5.41) is 4.78. The largest absolute Gasteiger partial charge is 0.497 e. The Balaban J connectivity index is 1.78. The number of pyridine rings is 1. The standard InChI is InChI=1S/C26H33FN4O2S/c1-4-30(5-2)14-6-13-28-26(34)31(17-19-7-9-22(27)10-8-19)18-21-15-20-16-23(33-3)11-12-24(20)29-25(21)32/h7-12,15-16H,4-6,13-14,17-18H2,1-3H3,(H,28,34)(H,29,32). The minimum absolute atomic E-state index is 0.161. The number of fused-ring (bicyclic) bond motifs is 1. The number of nitrogens with one attached hydrogen (secondary N) is 2. The van der Waals surface area contributed by atoms with Gasteiger partial charge in [-0.3, -0.25) is 4.79 Å². The van der Waals surface area contributed by atoms with Gasteiger partial charge in [-0.15, -0.1) is 0 Å². The van der Waals surface area contributed by atoms with Crippen molar-refractivity contribution in [3.8, 4) is 5.75 Å². The number of halogens is 1. The number of aromatic nitrogens is 1. The minimum Gasteiger partial charge on any atom is -0.497 e. The third-order valence-corrected chi connectivity index (χ3v) is 6.29. The molecule has 0 aliphatic heterocycles. The molecule has 0 unspecified atom stereocenters. The number of ether oxygens (including phenoxy) is 1. The predicted octanol–water partition coefficient (Wildman–Crippen LogP) is 4.28. The zero-order valence-electron chi connectivity index (χ0n) is 20.1. The average molecular weight is 485 g/mol. The van der Waals surface area contributed by atoms with Crippen LogP contribution < -0.4 is 15.6 Å². The SMILES string of the molecule is CCN(CC)CCCNC(=S)N(Cc1ccc(F)cc1)Cc1cc2cc(OC)ccc2[nH]c1=O. The van der Waals surface area contributed by atoms with E-state index in [2.05, 4.69) is 29.0 Å². The quantitative estimate of drug-likeness (QED) is 0.313. The summed E-state index contributed by atoms with van der Waals surface area (Å²) < 4.78 is 18.7. The first-order chi connectivity index (χ1) is 16.4. The van der Waals surface area contributed by atoms with Gasteiger partial charge < -0.3 is 24.8 Å². The van der Waals surface area contributed by atoms with Crippen LogP contribution in [0.3, 0.4) is 0 Å². The molecule has 1 heterocycles. The average Bonchev–Trinajstić information content (AvgIpc) is 2.85. The van der Waals surface area contributed by atoms with Crippen LogP contribution in [-0.2, 0) is 13.1 Å². The molecule has 8 heteroatoms. The van der Waals surface area contributed by atoms with Crippen LogP contribution in [0, 0.1) is 5.82 Å². The van der Waals surface area contributed by atoms with Gasteiger partial charge in [-0.2, -0.15) is 0 Å². The summed E-state index contributed by atoms with van der Waals surface area (Å²) in [6.45, 7) is 8.86. The van der Waals surface area contributed by atoms with Gasteiger partial charge in [-0.1, -0.05) is 26.0 Å². The summed E-state index contributed by atoms with van der Waals surface area (Å²) in [6, 6.07) is 13.8. The van der Waals surface area contributed by atoms with Crippen molar-refractivity contribution in [2.24, 2.45) is 0 Å². The minimum atomic E-state index is -0.285. The van der Waals surface area contributed by atoms with Crippen molar-refractivity contribution < 1.29 is 9.13 Å². The maximum atomic E-state index is 13.4. The first kappa shape index (κ1) is 25.6. The fourth-order valence-corrected chi connectivity index (χ4v) is 4.07. The van der Waals surface area contributed by atoms with Gasteiger partial charge in [0.2, 0.25) is 0 Å². The monoisotopic (exact) mass is 484 g/mol. The Morgan fingerprint density at radius 3 is 2.50 bits per heavy atom. The van der Waals surface area contributed by atoms with E-state index in [0.717, 1.165) is 54.8 Å². The second kappa shape index (κ2) is 12.5. The van der Waals surface area contributed by atoms with Crippen molar-refractivity contribution in [1.29, 1.82) is 0 Å². The van der Waals surface area contributed by atoms with Crippen LogP contribution in [0.15, 0.2) is 53.3 Å². The van der Waals surface area contributed by atoms with Gasteiger partial charge in [0.25, 0.3) is 5.56 Å². The topological polar surface area (TPSA) is 60.6 Å². The molecule has 3 aromatic rings. The van der Waals surface area contributed by atoms with Gasteiger partial charge in [0.15, 0.2) is 5.11 Å². The van der Waals surface area contributed by atoms with Crippen LogP contribution in [0.4, 0.5) is 4.39 Å². The normalized spacial score (nSPS) is 11.1. The van der Waals surface area contributed by atoms with Crippen LogP contribution in [0.5, 0.6) is 5.75 Å². The summed E-state index contributed by atoms with van der Waals surface area (Å²) in [5.41, 5.74) is 2.09. The van der Waals surface area contributed by atoms with Gasteiger partial charge >= 0.3 is 0 Å². The Labute approximate surface area is 205 Å². The van der Waals surface area contributed by atoms with Crippen LogP contribution >= 0.6 is 12.2 Å². The van der Waals surface area contributed by atoms with E-state index in [-0.39, 0.29) is 11.4 Å². The molecule has 182 valence electrons. The van der Waals surface area contributed by atoms with Crippen LogP contribution in [0.2, 0.25) is 0 Å². The van der Waals surface area contributed by atoms with Crippen molar-refractivity contribution in [3.63, 3.8) is 0 Å². The lowest BCUT2D eigenvalue weighted by Gasteiger charge is -2.26. The highest BCUT2D eigenvalue weighted by atomic mass is 32.1. The number of benzene rings is 2. The Morgan fingerprint density at radius 2 is 1.82 bits per heavy atom. The number of rotatable bonds is 11. The van der Waals surface area contributed by atoms with Crippen molar-refractivity contribution in [2.75, 3.05) is 33.3 Å². The zero-order chi connectivity index (χ0) is 24.5. The fourth-order valence-electron chi connectivity index (χ4n) is 3.84. The highest BCUT2D eigenvalue weighted by molar-refractivity contribution is 7.80. The predicted molar refractivity (Wildman–Crippen MR) is 140 cm³/mol. The van der Waals surface area contributed by atoms with E-state index in [1.54, 1.807) is 19.2 Å². The van der Waals surface area contributed by atoms with Gasteiger partial charge in [-0.25, -0.2) is 4.39 Å². The van der Waals surface area contributed by atoms with Crippen LogP contribution in [0.1, 0.15) is 31.4 Å². The maximum Gasteiger partial charge on any atom is 0.253 e. The fraction of sp³-hybridized carbons (Fsp3) is 0.385. The number of H-pyrrole nitrogens is 1. The molecule has 0 bridgehead atoms. The molecule has 0 fully saturated rings. The molecule has 2 aromatic carbocycles. The molecular weight excluding hydrogens is 451 g/mol. The summed E-state index contributed by atoms with van der Waals surface area (Å²) in [4.78, 5) is 20.1. The second-order valence-corrected chi connectivity index (χ2v) is 8.56. The molecular formula is C26H33FN4O2S. The molecule has 0 spiro atoms. The van der Waals surface area contributed by atoms with E-state index in [1.165, 1.54) is 12.1 Å². The van der Waals surface area contributed by atoms with Crippen molar-refractivity contribution in [3.05, 3.63) is 75.8 Å². The third-order valence-electron chi connectivity index (χ3n) is 5.89. The van der Waals surface area contributed by atoms with Crippen LogP contribution in [0.25, 0.3) is 10.9 Å². The van der Waals surface area contributed by atoms with Gasteiger partial charge in [0.05, 0.1) is 13.7 Å². The lowest BCUT2D eigenvalue weighted by atomic mass is 10.1. The first-order valence-corrected chi connectivity index (χ1v) is 12.0. The molecule has 2 N–H and O–H groups in total. The summed E-state index contributed by atoms with van der Waals surface area (Å²) in [6.07, 6.45) is 0.961. The van der Waals surface area contributed by atoms with E-state index >= 15 is 0 Å². The van der Waals surface area contributed by atoms with E-state index in [0.29, 0.717) is 23.8 Å².